The predicted molar refractivity (Wildman–Crippen MR) is 119 cm³/mol. The topological polar surface area (TPSA) is 56.5 Å². The summed E-state index contributed by atoms with van der Waals surface area (Å²) in [6, 6.07) is 21.4. The number of ether oxygens (including phenoxy) is 1. The molecule has 0 spiro atoms. The van der Waals surface area contributed by atoms with Crippen molar-refractivity contribution in [1.82, 2.24) is 0 Å². The molecule has 0 atom stereocenters. The first kappa shape index (κ1) is 19.7. The third-order valence-corrected chi connectivity index (χ3v) is 4.78. The summed E-state index contributed by atoms with van der Waals surface area (Å²) in [6.07, 6.45) is 2.85. The van der Waals surface area contributed by atoms with Crippen LogP contribution in [0, 0.1) is 6.92 Å². The quantitative estimate of drug-likeness (QED) is 0.300. The molecule has 3 aromatic carbocycles. The number of halogens is 1. The first-order valence-electron chi connectivity index (χ1n) is 9.29. The third-order valence-electron chi connectivity index (χ3n) is 4.52. The van der Waals surface area contributed by atoms with Gasteiger partial charge in [-0.2, -0.15) is 0 Å². The highest BCUT2D eigenvalue weighted by atomic mass is 35.5. The molecule has 1 heterocycles. The fourth-order valence-electron chi connectivity index (χ4n) is 3.04. The van der Waals surface area contributed by atoms with Gasteiger partial charge in [-0.1, -0.05) is 65.7 Å². The predicted octanol–water partition coefficient (Wildman–Crippen LogP) is 6.04. The molecule has 0 unspecified atom stereocenters. The summed E-state index contributed by atoms with van der Waals surface area (Å²) >= 11 is 5.87. The Labute approximate surface area is 178 Å². The maximum Gasteiger partial charge on any atom is 0.336 e. The van der Waals surface area contributed by atoms with Crippen molar-refractivity contribution in [2.45, 2.75) is 6.92 Å². The molecule has 0 bridgehead atoms. The van der Waals surface area contributed by atoms with Crippen molar-refractivity contribution < 1.29 is 13.9 Å². The van der Waals surface area contributed by atoms with E-state index >= 15 is 0 Å². The molecule has 4 rings (SSSR count). The molecule has 0 saturated heterocycles. The van der Waals surface area contributed by atoms with Gasteiger partial charge in [0.1, 0.15) is 5.58 Å². The van der Waals surface area contributed by atoms with E-state index in [1.54, 1.807) is 54.6 Å². The second-order valence-electron chi connectivity index (χ2n) is 6.76. The largest absolute Gasteiger partial charge is 0.452 e. The van der Waals surface area contributed by atoms with Crippen molar-refractivity contribution in [3.63, 3.8) is 0 Å². The van der Waals surface area contributed by atoms with Crippen LogP contribution < -0.4 is 10.2 Å². The number of hydrogen-bond acceptors (Lipinski definition) is 4. The number of aryl methyl sites for hydroxylation is 1. The minimum Gasteiger partial charge on any atom is -0.452 e. The van der Waals surface area contributed by atoms with Gasteiger partial charge in [0.2, 0.25) is 11.2 Å². The first-order valence-corrected chi connectivity index (χ1v) is 9.67. The second kappa shape index (κ2) is 8.39. The van der Waals surface area contributed by atoms with Gasteiger partial charge in [0.05, 0.1) is 5.39 Å². The van der Waals surface area contributed by atoms with Crippen molar-refractivity contribution in [3.05, 3.63) is 105 Å². The van der Waals surface area contributed by atoms with Gasteiger partial charge >= 0.3 is 5.97 Å². The fourth-order valence-corrected chi connectivity index (χ4v) is 3.16. The summed E-state index contributed by atoms with van der Waals surface area (Å²) in [7, 11) is 0. The smallest absolute Gasteiger partial charge is 0.336 e. The van der Waals surface area contributed by atoms with Crippen LogP contribution in [0.4, 0.5) is 0 Å². The number of benzene rings is 3. The van der Waals surface area contributed by atoms with Crippen LogP contribution in [0.5, 0.6) is 5.75 Å². The van der Waals surface area contributed by atoms with Gasteiger partial charge < -0.3 is 9.15 Å². The summed E-state index contributed by atoms with van der Waals surface area (Å²) in [5.74, 6) is -0.600. The summed E-state index contributed by atoms with van der Waals surface area (Å²) < 4.78 is 11.4. The van der Waals surface area contributed by atoms with Crippen LogP contribution in [0.2, 0.25) is 5.02 Å². The molecule has 0 fully saturated rings. The lowest BCUT2D eigenvalue weighted by Gasteiger charge is -2.10. The Bertz CT molecular complexity index is 1300. The molecule has 30 heavy (non-hydrogen) atoms. The number of hydrogen-bond donors (Lipinski definition) is 0. The van der Waals surface area contributed by atoms with Gasteiger partial charge in [-0.3, -0.25) is 4.79 Å². The SMILES string of the molecule is Cc1ccc2oc(-c3ccccc3)c(OC(=O)/C=C/c3ccc(Cl)cc3)c(=O)c2c1. The molecule has 0 aliphatic rings. The van der Waals surface area contributed by atoms with Crippen molar-refractivity contribution in [2.24, 2.45) is 0 Å². The lowest BCUT2D eigenvalue weighted by molar-refractivity contribution is -0.129. The van der Waals surface area contributed by atoms with E-state index in [1.165, 1.54) is 6.08 Å². The number of rotatable bonds is 4. The van der Waals surface area contributed by atoms with E-state index in [9.17, 15) is 9.59 Å². The molecular weight excluding hydrogens is 400 g/mol. The Morgan fingerprint density at radius 2 is 1.73 bits per heavy atom. The highest BCUT2D eigenvalue weighted by Crippen LogP contribution is 2.31. The minimum atomic E-state index is -0.679. The second-order valence-corrected chi connectivity index (χ2v) is 7.20. The van der Waals surface area contributed by atoms with Gasteiger partial charge in [0.25, 0.3) is 0 Å². The Morgan fingerprint density at radius 3 is 2.47 bits per heavy atom. The fraction of sp³-hybridized carbons (Fsp3) is 0.0400. The Hall–Kier alpha value is -3.63. The molecule has 4 nitrogen and oxygen atoms in total. The van der Waals surface area contributed by atoms with Crippen molar-refractivity contribution >= 4 is 34.6 Å². The molecule has 5 heteroatoms. The lowest BCUT2D eigenvalue weighted by atomic mass is 10.1. The van der Waals surface area contributed by atoms with E-state index < -0.39 is 11.4 Å². The zero-order valence-corrected chi connectivity index (χ0v) is 16.8. The zero-order chi connectivity index (χ0) is 21.1. The van der Waals surface area contributed by atoms with Crippen LogP contribution in [0.25, 0.3) is 28.4 Å². The normalized spacial score (nSPS) is 11.1. The van der Waals surface area contributed by atoms with E-state index in [4.69, 9.17) is 20.8 Å². The molecule has 1 aromatic heterocycles. The Morgan fingerprint density at radius 1 is 1.00 bits per heavy atom. The van der Waals surface area contributed by atoms with Crippen LogP contribution in [-0.2, 0) is 4.79 Å². The van der Waals surface area contributed by atoms with Crippen LogP contribution in [-0.4, -0.2) is 5.97 Å². The monoisotopic (exact) mass is 416 g/mol. The zero-order valence-electron chi connectivity index (χ0n) is 16.1. The highest BCUT2D eigenvalue weighted by molar-refractivity contribution is 6.30. The lowest BCUT2D eigenvalue weighted by Crippen LogP contribution is -2.14. The standard InChI is InChI=1S/C25H17ClO4/c1-16-7-13-21-20(15-16)23(28)25(24(29-21)18-5-3-2-4-6-18)30-22(27)14-10-17-8-11-19(26)12-9-17/h2-15H,1H3/b14-10+. The Balaban J connectivity index is 1.76. The molecule has 148 valence electrons. The Kier molecular flexibility index (Phi) is 5.50. The number of carbonyl (C=O) groups is 1. The van der Waals surface area contributed by atoms with E-state index in [0.29, 0.717) is 21.6 Å². The van der Waals surface area contributed by atoms with E-state index in [-0.39, 0.29) is 11.5 Å². The number of esters is 1. The van der Waals surface area contributed by atoms with Crippen molar-refractivity contribution in [1.29, 1.82) is 0 Å². The highest BCUT2D eigenvalue weighted by Gasteiger charge is 2.19. The number of carbonyl (C=O) groups excluding carboxylic acids is 1. The third kappa shape index (κ3) is 4.19. The van der Waals surface area contributed by atoms with E-state index in [2.05, 4.69) is 0 Å². The van der Waals surface area contributed by atoms with Crippen LogP contribution in [0.1, 0.15) is 11.1 Å². The van der Waals surface area contributed by atoms with Crippen LogP contribution in [0.15, 0.2) is 88.1 Å². The maximum absolute atomic E-state index is 13.1. The first-order chi connectivity index (χ1) is 14.5. The molecule has 0 aliphatic heterocycles. The molecule has 0 N–H and O–H groups in total. The van der Waals surface area contributed by atoms with Gasteiger partial charge in [-0.15, -0.1) is 0 Å². The molecular formula is C25H17ClO4. The average molecular weight is 417 g/mol. The van der Waals surface area contributed by atoms with Crippen LogP contribution in [0.3, 0.4) is 0 Å². The summed E-state index contributed by atoms with van der Waals surface area (Å²) in [5.41, 5.74) is 2.36. The maximum atomic E-state index is 13.1. The van der Waals surface area contributed by atoms with Gasteiger partial charge in [-0.05, 0) is 42.8 Å². The van der Waals surface area contributed by atoms with Gasteiger partial charge in [0, 0.05) is 16.7 Å². The van der Waals surface area contributed by atoms with E-state index in [1.807, 2.05) is 31.2 Å². The summed E-state index contributed by atoms with van der Waals surface area (Å²) in [4.78, 5) is 25.6. The number of fused-ring (bicyclic) bond motifs is 1. The van der Waals surface area contributed by atoms with Gasteiger partial charge in [-0.25, -0.2) is 4.79 Å². The van der Waals surface area contributed by atoms with E-state index in [0.717, 1.165) is 11.1 Å². The molecule has 0 saturated carbocycles. The molecule has 0 aliphatic carbocycles. The molecule has 0 amide bonds. The minimum absolute atomic E-state index is 0.134. The molecule has 4 aromatic rings. The summed E-state index contributed by atoms with van der Waals surface area (Å²) in [5, 5.41) is 0.963. The van der Waals surface area contributed by atoms with Gasteiger partial charge in [0.15, 0.2) is 5.76 Å². The average Bonchev–Trinajstić information content (AvgIpc) is 2.76. The summed E-state index contributed by atoms with van der Waals surface area (Å²) in [6.45, 7) is 1.88. The van der Waals surface area contributed by atoms with Crippen LogP contribution >= 0.6 is 11.6 Å². The van der Waals surface area contributed by atoms with Crippen molar-refractivity contribution in [2.75, 3.05) is 0 Å². The molecule has 0 radical (unpaired) electrons. The van der Waals surface area contributed by atoms with Crippen molar-refractivity contribution in [3.8, 4) is 17.1 Å².